The Morgan fingerprint density at radius 1 is 0.794 bits per heavy atom. The van der Waals surface area contributed by atoms with Gasteiger partial charge in [-0.25, -0.2) is 9.59 Å². The van der Waals surface area contributed by atoms with Crippen LogP contribution >= 0.6 is 0 Å². The average Bonchev–Trinajstić information content (AvgIpc) is 2.70. The van der Waals surface area contributed by atoms with Crippen LogP contribution < -0.4 is 20.5 Å². The number of nitrogens with one attached hydrogen (secondary N) is 1. The number of esters is 1. The number of hydrogen-bond acceptors (Lipinski definition) is 7. The van der Waals surface area contributed by atoms with Crippen LogP contribution in [0, 0.1) is 0 Å². The zero-order valence-electron chi connectivity index (χ0n) is 20.8. The number of benzene rings is 2. The lowest BCUT2D eigenvalue weighted by atomic mass is 10.1. The standard InChI is InChI=1S/C26H36N2O6/c1-25(2,3)33-23(29)22(28-24(30)34-26(4,5)6)17-18-7-11-20(12-8-18)31-15-16-32-21-13-9-19(27)10-14-21/h7-14,22H,15-17,27H2,1-6H3,(H,28,30)/t22-/m0/s1. The molecule has 0 aliphatic rings. The average molecular weight is 473 g/mol. The number of carbonyl (C=O) groups is 2. The Morgan fingerprint density at radius 2 is 1.26 bits per heavy atom. The second kappa shape index (κ2) is 11.6. The third kappa shape index (κ3) is 10.5. The number of nitrogen functional groups attached to an aromatic ring is 1. The van der Waals surface area contributed by atoms with Crippen molar-refractivity contribution in [3.63, 3.8) is 0 Å². The predicted molar refractivity (Wildman–Crippen MR) is 131 cm³/mol. The Bertz CT molecular complexity index is 928. The van der Waals surface area contributed by atoms with Crippen molar-refractivity contribution < 1.29 is 28.5 Å². The summed E-state index contributed by atoms with van der Waals surface area (Å²) in [5.74, 6) is 0.857. The highest BCUT2D eigenvalue weighted by Gasteiger charge is 2.29. The van der Waals surface area contributed by atoms with Crippen molar-refractivity contribution in [2.75, 3.05) is 18.9 Å². The zero-order chi connectivity index (χ0) is 25.4. The molecule has 1 atom stereocenters. The lowest BCUT2D eigenvalue weighted by molar-refractivity contribution is -0.157. The number of anilines is 1. The molecular weight excluding hydrogens is 436 g/mol. The fraction of sp³-hybridized carbons (Fsp3) is 0.462. The normalized spacial score (nSPS) is 12.4. The van der Waals surface area contributed by atoms with Gasteiger partial charge in [0.05, 0.1) is 0 Å². The first-order valence-corrected chi connectivity index (χ1v) is 11.2. The molecule has 8 heteroatoms. The molecule has 0 saturated heterocycles. The van der Waals surface area contributed by atoms with Crippen molar-refractivity contribution >= 4 is 17.7 Å². The van der Waals surface area contributed by atoms with Crippen molar-refractivity contribution in [3.05, 3.63) is 54.1 Å². The van der Waals surface area contributed by atoms with Gasteiger partial charge in [0.25, 0.3) is 0 Å². The van der Waals surface area contributed by atoms with Gasteiger partial charge in [-0.3, -0.25) is 0 Å². The highest BCUT2D eigenvalue weighted by Crippen LogP contribution is 2.17. The predicted octanol–water partition coefficient (Wildman–Crippen LogP) is 4.50. The van der Waals surface area contributed by atoms with Crippen LogP contribution in [0.15, 0.2) is 48.5 Å². The Morgan fingerprint density at radius 3 is 1.74 bits per heavy atom. The molecule has 186 valence electrons. The largest absolute Gasteiger partial charge is 0.490 e. The number of carbonyl (C=O) groups excluding carboxylic acids is 2. The van der Waals surface area contributed by atoms with E-state index in [4.69, 9.17) is 24.7 Å². The molecule has 0 bridgehead atoms. The van der Waals surface area contributed by atoms with Gasteiger partial charge in [-0.1, -0.05) is 12.1 Å². The summed E-state index contributed by atoms with van der Waals surface area (Å²) in [7, 11) is 0. The molecule has 0 saturated carbocycles. The fourth-order valence-electron chi connectivity index (χ4n) is 2.86. The van der Waals surface area contributed by atoms with Gasteiger partial charge in [0.2, 0.25) is 0 Å². The Hall–Kier alpha value is -3.42. The number of rotatable bonds is 9. The molecule has 0 fully saturated rings. The third-order valence-corrected chi connectivity index (χ3v) is 4.25. The van der Waals surface area contributed by atoms with E-state index in [9.17, 15) is 9.59 Å². The molecule has 34 heavy (non-hydrogen) atoms. The summed E-state index contributed by atoms with van der Waals surface area (Å²) < 4.78 is 22.1. The van der Waals surface area contributed by atoms with Gasteiger partial charge in [-0.05, 0) is 83.5 Å². The minimum Gasteiger partial charge on any atom is -0.490 e. The van der Waals surface area contributed by atoms with Crippen LogP contribution in [0.1, 0.15) is 47.1 Å². The number of alkyl carbamates (subject to hydrolysis) is 1. The molecule has 1 amide bonds. The van der Waals surface area contributed by atoms with Crippen molar-refractivity contribution in [1.29, 1.82) is 0 Å². The highest BCUT2D eigenvalue weighted by atomic mass is 16.6. The monoisotopic (exact) mass is 472 g/mol. The van der Waals surface area contributed by atoms with E-state index < -0.39 is 29.3 Å². The van der Waals surface area contributed by atoms with Gasteiger partial charge in [0, 0.05) is 12.1 Å². The van der Waals surface area contributed by atoms with Gasteiger partial charge in [0.1, 0.15) is 42.0 Å². The summed E-state index contributed by atoms with van der Waals surface area (Å²) >= 11 is 0. The second-order valence-electron chi connectivity index (χ2n) is 9.85. The van der Waals surface area contributed by atoms with Crippen LogP contribution in [0.25, 0.3) is 0 Å². The molecule has 0 heterocycles. The second-order valence-corrected chi connectivity index (χ2v) is 9.85. The van der Waals surface area contributed by atoms with E-state index in [-0.39, 0.29) is 6.42 Å². The van der Waals surface area contributed by atoms with Crippen molar-refractivity contribution in [2.45, 2.75) is 65.2 Å². The molecule has 0 unspecified atom stereocenters. The summed E-state index contributed by atoms with van der Waals surface area (Å²) in [4.78, 5) is 25.0. The Balaban J connectivity index is 1.93. The first kappa shape index (κ1) is 26.8. The van der Waals surface area contributed by atoms with Crippen LogP contribution in [0.5, 0.6) is 11.5 Å². The number of amides is 1. The molecule has 2 aromatic carbocycles. The maximum atomic E-state index is 12.7. The lowest BCUT2D eigenvalue weighted by Crippen LogP contribution is -2.47. The maximum Gasteiger partial charge on any atom is 0.408 e. The van der Waals surface area contributed by atoms with Crippen LogP contribution in [-0.2, 0) is 20.7 Å². The van der Waals surface area contributed by atoms with E-state index in [1.165, 1.54) is 0 Å². The number of nitrogens with two attached hydrogens (primary N) is 1. The lowest BCUT2D eigenvalue weighted by Gasteiger charge is -2.26. The minimum atomic E-state index is -0.894. The first-order chi connectivity index (χ1) is 15.8. The highest BCUT2D eigenvalue weighted by molar-refractivity contribution is 5.82. The van der Waals surface area contributed by atoms with E-state index in [0.717, 1.165) is 11.3 Å². The van der Waals surface area contributed by atoms with Gasteiger partial charge in [0.15, 0.2) is 0 Å². The van der Waals surface area contributed by atoms with Gasteiger partial charge in [-0.2, -0.15) is 0 Å². The quantitative estimate of drug-likeness (QED) is 0.314. The van der Waals surface area contributed by atoms with E-state index in [1.807, 2.05) is 12.1 Å². The third-order valence-electron chi connectivity index (χ3n) is 4.25. The molecule has 3 N–H and O–H groups in total. The molecule has 0 radical (unpaired) electrons. The van der Waals surface area contributed by atoms with E-state index in [1.54, 1.807) is 77.9 Å². The molecule has 2 aromatic rings. The van der Waals surface area contributed by atoms with Crippen molar-refractivity contribution in [2.24, 2.45) is 0 Å². The molecule has 0 aliphatic carbocycles. The SMILES string of the molecule is CC(C)(C)OC(=O)N[C@@H](Cc1ccc(OCCOc2ccc(N)cc2)cc1)C(=O)OC(C)(C)C. The van der Waals surface area contributed by atoms with Crippen molar-refractivity contribution in [3.8, 4) is 11.5 Å². The molecule has 2 rings (SSSR count). The summed E-state index contributed by atoms with van der Waals surface area (Å²) in [5, 5.41) is 2.63. The van der Waals surface area contributed by atoms with Gasteiger partial charge >= 0.3 is 12.1 Å². The zero-order valence-corrected chi connectivity index (χ0v) is 20.8. The van der Waals surface area contributed by atoms with Crippen LogP contribution in [-0.4, -0.2) is 42.5 Å². The van der Waals surface area contributed by atoms with Crippen LogP contribution in [0.2, 0.25) is 0 Å². The summed E-state index contributed by atoms with van der Waals surface area (Å²) in [6.07, 6.45) is -0.432. The van der Waals surface area contributed by atoms with E-state index in [0.29, 0.717) is 24.7 Å². The minimum absolute atomic E-state index is 0.245. The molecule has 0 aliphatic heterocycles. The van der Waals surface area contributed by atoms with Crippen molar-refractivity contribution in [1.82, 2.24) is 5.32 Å². The summed E-state index contributed by atoms with van der Waals surface area (Å²) in [5.41, 5.74) is 5.80. The summed E-state index contributed by atoms with van der Waals surface area (Å²) in [6, 6.07) is 13.5. The number of hydrogen-bond donors (Lipinski definition) is 2. The van der Waals surface area contributed by atoms with Gasteiger partial charge in [-0.15, -0.1) is 0 Å². The topological polar surface area (TPSA) is 109 Å². The van der Waals surface area contributed by atoms with Crippen LogP contribution in [0.4, 0.5) is 10.5 Å². The molecule has 0 aromatic heterocycles. The fourth-order valence-corrected chi connectivity index (χ4v) is 2.86. The van der Waals surface area contributed by atoms with Gasteiger partial charge < -0.3 is 30.0 Å². The summed E-state index contributed by atoms with van der Waals surface area (Å²) in [6.45, 7) is 11.4. The molecule has 0 spiro atoms. The smallest absolute Gasteiger partial charge is 0.408 e. The van der Waals surface area contributed by atoms with E-state index >= 15 is 0 Å². The Labute approximate surface area is 201 Å². The molecule has 8 nitrogen and oxygen atoms in total. The molecular formula is C26H36N2O6. The van der Waals surface area contributed by atoms with Crippen LogP contribution in [0.3, 0.4) is 0 Å². The first-order valence-electron chi connectivity index (χ1n) is 11.2. The maximum absolute atomic E-state index is 12.7. The Kier molecular flexibility index (Phi) is 9.18. The van der Waals surface area contributed by atoms with E-state index in [2.05, 4.69) is 5.32 Å². The number of ether oxygens (including phenoxy) is 4.